The van der Waals surface area contributed by atoms with Gasteiger partial charge in [-0.15, -0.1) is 0 Å². The van der Waals surface area contributed by atoms with E-state index in [1.807, 2.05) is 31.2 Å². The van der Waals surface area contributed by atoms with E-state index in [9.17, 15) is 0 Å². The van der Waals surface area contributed by atoms with E-state index in [0.717, 1.165) is 31.1 Å². The van der Waals surface area contributed by atoms with Gasteiger partial charge in [0.05, 0.1) is 0 Å². The summed E-state index contributed by atoms with van der Waals surface area (Å²) in [6.45, 7) is 4.81. The van der Waals surface area contributed by atoms with Crippen LogP contribution in [0.15, 0.2) is 24.3 Å². The molecule has 1 aromatic carbocycles. The summed E-state index contributed by atoms with van der Waals surface area (Å²) in [6, 6.07) is 7.59. The molecule has 0 saturated carbocycles. The Bertz CT molecular complexity index is 625. The van der Waals surface area contributed by atoms with Gasteiger partial charge in [-0.2, -0.15) is 15.0 Å². The number of rotatable bonds is 4. The van der Waals surface area contributed by atoms with E-state index in [-0.39, 0.29) is 0 Å². The number of anilines is 2. The van der Waals surface area contributed by atoms with Crippen molar-refractivity contribution in [2.24, 2.45) is 0 Å². The quantitative estimate of drug-likeness (QED) is 0.940. The van der Waals surface area contributed by atoms with Crippen LogP contribution in [0, 0.1) is 0 Å². The molecule has 21 heavy (non-hydrogen) atoms. The molecule has 0 unspecified atom stereocenters. The van der Waals surface area contributed by atoms with Crippen LogP contribution >= 0.6 is 11.6 Å². The summed E-state index contributed by atoms with van der Waals surface area (Å²) in [5.41, 5.74) is 0.907. The van der Waals surface area contributed by atoms with Gasteiger partial charge in [-0.05, 0) is 31.9 Å². The second-order valence-electron chi connectivity index (χ2n) is 5.02. The van der Waals surface area contributed by atoms with Gasteiger partial charge in [0, 0.05) is 30.2 Å². The summed E-state index contributed by atoms with van der Waals surface area (Å²) in [7, 11) is 0. The van der Waals surface area contributed by atoms with E-state index in [1.165, 1.54) is 12.8 Å². The highest BCUT2D eigenvalue weighted by atomic mass is 35.5. The molecule has 1 fully saturated rings. The maximum atomic E-state index is 6.07. The SMILES string of the molecule is CCNc1nc(-c2cccc(Cl)c2)nc(N2CCCC2)n1. The lowest BCUT2D eigenvalue weighted by Crippen LogP contribution is -2.22. The van der Waals surface area contributed by atoms with Crippen molar-refractivity contribution in [1.29, 1.82) is 0 Å². The Morgan fingerprint density at radius 2 is 2.00 bits per heavy atom. The molecule has 2 heterocycles. The first-order chi connectivity index (χ1) is 10.3. The smallest absolute Gasteiger partial charge is 0.230 e. The summed E-state index contributed by atoms with van der Waals surface area (Å²) >= 11 is 6.07. The van der Waals surface area contributed by atoms with Gasteiger partial charge in [-0.25, -0.2) is 0 Å². The molecule has 1 aliphatic heterocycles. The lowest BCUT2D eigenvalue weighted by molar-refractivity contribution is 0.881. The zero-order valence-corrected chi connectivity index (χ0v) is 12.8. The molecule has 6 heteroatoms. The minimum absolute atomic E-state index is 0.615. The van der Waals surface area contributed by atoms with Crippen LogP contribution in [0.3, 0.4) is 0 Å². The number of aromatic nitrogens is 3. The zero-order chi connectivity index (χ0) is 14.7. The van der Waals surface area contributed by atoms with Crippen LogP contribution < -0.4 is 10.2 Å². The number of halogens is 1. The van der Waals surface area contributed by atoms with E-state index in [2.05, 4.69) is 25.2 Å². The lowest BCUT2D eigenvalue weighted by Gasteiger charge is -2.16. The molecule has 5 nitrogen and oxygen atoms in total. The topological polar surface area (TPSA) is 53.9 Å². The first-order valence-electron chi connectivity index (χ1n) is 7.27. The maximum Gasteiger partial charge on any atom is 0.230 e. The fourth-order valence-corrected chi connectivity index (χ4v) is 2.61. The van der Waals surface area contributed by atoms with E-state index in [4.69, 9.17) is 11.6 Å². The number of hydrogen-bond donors (Lipinski definition) is 1. The predicted molar refractivity (Wildman–Crippen MR) is 85.9 cm³/mol. The molecule has 1 aliphatic rings. The van der Waals surface area contributed by atoms with Gasteiger partial charge in [0.2, 0.25) is 11.9 Å². The molecular formula is C15H18ClN5. The Labute approximate surface area is 129 Å². The number of benzene rings is 1. The third-order valence-corrected chi connectivity index (χ3v) is 3.67. The molecule has 110 valence electrons. The summed E-state index contributed by atoms with van der Waals surface area (Å²) in [5.74, 6) is 2.02. The predicted octanol–water partition coefficient (Wildman–Crippen LogP) is 3.22. The van der Waals surface area contributed by atoms with Crippen LogP contribution in [-0.4, -0.2) is 34.6 Å². The molecule has 2 aromatic rings. The molecular weight excluding hydrogens is 286 g/mol. The normalized spacial score (nSPS) is 14.5. The average Bonchev–Trinajstić information content (AvgIpc) is 3.01. The van der Waals surface area contributed by atoms with Gasteiger partial charge in [0.15, 0.2) is 5.82 Å². The minimum Gasteiger partial charge on any atom is -0.354 e. The molecule has 0 aliphatic carbocycles. The Balaban J connectivity index is 2.02. The molecule has 3 rings (SSSR count). The molecule has 0 atom stereocenters. The molecule has 0 amide bonds. The molecule has 1 N–H and O–H groups in total. The molecule has 1 aromatic heterocycles. The van der Waals surface area contributed by atoms with Crippen LogP contribution in [0.25, 0.3) is 11.4 Å². The Kier molecular flexibility index (Phi) is 4.20. The molecule has 0 radical (unpaired) electrons. The Morgan fingerprint density at radius 3 is 2.71 bits per heavy atom. The lowest BCUT2D eigenvalue weighted by atomic mass is 10.2. The fourth-order valence-electron chi connectivity index (χ4n) is 2.42. The Morgan fingerprint density at radius 1 is 1.19 bits per heavy atom. The van der Waals surface area contributed by atoms with Crippen molar-refractivity contribution in [3.63, 3.8) is 0 Å². The summed E-state index contributed by atoms with van der Waals surface area (Å²) in [5, 5.41) is 3.86. The second kappa shape index (κ2) is 6.26. The van der Waals surface area contributed by atoms with Gasteiger partial charge in [-0.1, -0.05) is 23.7 Å². The first kappa shape index (κ1) is 14.1. The van der Waals surface area contributed by atoms with Crippen molar-refractivity contribution in [3.8, 4) is 11.4 Å². The standard InChI is InChI=1S/C15H18ClN5/c1-2-17-14-18-13(11-6-5-7-12(16)10-11)19-15(20-14)21-8-3-4-9-21/h5-7,10H,2-4,8-9H2,1H3,(H,17,18,19,20). The van der Waals surface area contributed by atoms with Gasteiger partial charge < -0.3 is 10.2 Å². The zero-order valence-electron chi connectivity index (χ0n) is 12.0. The third kappa shape index (κ3) is 3.24. The van der Waals surface area contributed by atoms with Crippen molar-refractivity contribution in [1.82, 2.24) is 15.0 Å². The molecule has 1 saturated heterocycles. The van der Waals surface area contributed by atoms with Gasteiger partial charge in [0.1, 0.15) is 0 Å². The van der Waals surface area contributed by atoms with Crippen molar-refractivity contribution in [3.05, 3.63) is 29.3 Å². The van der Waals surface area contributed by atoms with Gasteiger partial charge in [0.25, 0.3) is 0 Å². The molecule has 0 bridgehead atoms. The second-order valence-corrected chi connectivity index (χ2v) is 5.45. The maximum absolute atomic E-state index is 6.07. The van der Waals surface area contributed by atoms with Gasteiger partial charge in [-0.3, -0.25) is 0 Å². The van der Waals surface area contributed by atoms with E-state index in [1.54, 1.807) is 0 Å². The van der Waals surface area contributed by atoms with E-state index < -0.39 is 0 Å². The van der Waals surface area contributed by atoms with Crippen LogP contribution in [0.4, 0.5) is 11.9 Å². The summed E-state index contributed by atoms with van der Waals surface area (Å²) in [6.07, 6.45) is 2.38. The summed E-state index contributed by atoms with van der Waals surface area (Å²) in [4.78, 5) is 15.8. The van der Waals surface area contributed by atoms with Crippen molar-refractivity contribution in [2.75, 3.05) is 29.9 Å². The average molecular weight is 304 g/mol. The minimum atomic E-state index is 0.615. The van der Waals surface area contributed by atoms with Crippen LogP contribution in [0.5, 0.6) is 0 Å². The number of nitrogens with zero attached hydrogens (tertiary/aromatic N) is 4. The molecule has 0 spiro atoms. The van der Waals surface area contributed by atoms with Crippen molar-refractivity contribution < 1.29 is 0 Å². The highest BCUT2D eigenvalue weighted by molar-refractivity contribution is 6.30. The number of nitrogens with one attached hydrogen (secondary N) is 1. The van der Waals surface area contributed by atoms with Crippen LogP contribution in [-0.2, 0) is 0 Å². The monoisotopic (exact) mass is 303 g/mol. The Hall–Kier alpha value is -1.88. The fraction of sp³-hybridized carbons (Fsp3) is 0.400. The van der Waals surface area contributed by atoms with Gasteiger partial charge >= 0.3 is 0 Å². The van der Waals surface area contributed by atoms with Crippen LogP contribution in [0.1, 0.15) is 19.8 Å². The highest BCUT2D eigenvalue weighted by Gasteiger charge is 2.17. The van der Waals surface area contributed by atoms with Crippen molar-refractivity contribution >= 4 is 23.5 Å². The number of hydrogen-bond acceptors (Lipinski definition) is 5. The largest absolute Gasteiger partial charge is 0.354 e. The van der Waals surface area contributed by atoms with Crippen molar-refractivity contribution in [2.45, 2.75) is 19.8 Å². The van der Waals surface area contributed by atoms with E-state index in [0.29, 0.717) is 16.8 Å². The highest BCUT2D eigenvalue weighted by Crippen LogP contribution is 2.24. The van der Waals surface area contributed by atoms with E-state index >= 15 is 0 Å². The van der Waals surface area contributed by atoms with Crippen LogP contribution in [0.2, 0.25) is 5.02 Å². The summed E-state index contributed by atoms with van der Waals surface area (Å²) < 4.78 is 0. The first-order valence-corrected chi connectivity index (χ1v) is 7.65. The third-order valence-electron chi connectivity index (χ3n) is 3.43.